The van der Waals surface area contributed by atoms with E-state index in [0.29, 0.717) is 19.8 Å². The fraction of sp³-hybridized carbons (Fsp3) is 0.842. The van der Waals surface area contributed by atoms with Gasteiger partial charge in [0.25, 0.3) is 5.97 Å². The predicted molar refractivity (Wildman–Crippen MR) is 93.8 cm³/mol. The zero-order valence-corrected chi connectivity index (χ0v) is 15.5. The third-order valence-corrected chi connectivity index (χ3v) is 3.76. The summed E-state index contributed by atoms with van der Waals surface area (Å²) >= 11 is 0. The lowest BCUT2D eigenvalue weighted by Gasteiger charge is -2.37. The molecular formula is C19H35NO3. The maximum Gasteiger partial charge on any atom is 0.289 e. The van der Waals surface area contributed by atoms with Gasteiger partial charge in [-0.05, 0) is 27.2 Å². The summed E-state index contributed by atoms with van der Waals surface area (Å²) in [5.74, 6) is -1.15. The molecule has 0 heterocycles. The monoisotopic (exact) mass is 325 g/mol. The Hall–Kier alpha value is -0.890. The van der Waals surface area contributed by atoms with E-state index in [1.165, 1.54) is 38.2 Å². The quantitative estimate of drug-likeness (QED) is 0.236. The molecule has 0 aromatic rings. The fourth-order valence-electron chi connectivity index (χ4n) is 2.74. The van der Waals surface area contributed by atoms with Gasteiger partial charge in [0, 0.05) is 25.9 Å². The summed E-state index contributed by atoms with van der Waals surface area (Å²) in [4.78, 5) is 0. The first-order chi connectivity index (χ1) is 11.2. The van der Waals surface area contributed by atoms with Crippen LogP contribution >= 0.6 is 0 Å². The number of rotatable bonds is 15. The highest BCUT2D eigenvalue weighted by molar-refractivity contribution is 5.05. The van der Waals surface area contributed by atoms with E-state index in [0.717, 1.165) is 12.8 Å². The second-order valence-corrected chi connectivity index (χ2v) is 5.55. The predicted octanol–water partition coefficient (Wildman–Crippen LogP) is 5.20. The van der Waals surface area contributed by atoms with Crippen molar-refractivity contribution in [2.24, 2.45) is 5.92 Å². The van der Waals surface area contributed by atoms with Crippen LogP contribution in [0.1, 0.15) is 72.6 Å². The zero-order chi connectivity index (χ0) is 17.4. The van der Waals surface area contributed by atoms with Crippen LogP contribution in [0.3, 0.4) is 0 Å². The van der Waals surface area contributed by atoms with Gasteiger partial charge in [0.2, 0.25) is 0 Å². The normalized spacial score (nSPS) is 13.3. The molecule has 4 heteroatoms. The molecule has 0 aromatic carbocycles. The zero-order valence-electron chi connectivity index (χ0n) is 15.5. The van der Waals surface area contributed by atoms with Crippen molar-refractivity contribution in [2.45, 2.75) is 78.6 Å². The number of nitriles is 1. The Labute approximate surface area is 142 Å². The number of ether oxygens (including phenoxy) is 3. The van der Waals surface area contributed by atoms with Crippen molar-refractivity contribution in [3.8, 4) is 6.07 Å². The van der Waals surface area contributed by atoms with Gasteiger partial charge >= 0.3 is 0 Å². The number of allylic oxidation sites excluding steroid dienone is 1. The minimum Gasteiger partial charge on any atom is -0.327 e. The van der Waals surface area contributed by atoms with Gasteiger partial charge in [0.15, 0.2) is 0 Å². The van der Waals surface area contributed by atoms with Crippen LogP contribution in [0, 0.1) is 17.2 Å². The van der Waals surface area contributed by atoms with Gasteiger partial charge < -0.3 is 14.2 Å². The van der Waals surface area contributed by atoms with Crippen LogP contribution < -0.4 is 0 Å². The molecular weight excluding hydrogens is 290 g/mol. The first-order valence-electron chi connectivity index (χ1n) is 9.18. The molecule has 0 saturated carbocycles. The van der Waals surface area contributed by atoms with Crippen molar-refractivity contribution in [3.05, 3.63) is 12.2 Å². The minimum atomic E-state index is -1.07. The largest absolute Gasteiger partial charge is 0.327 e. The van der Waals surface area contributed by atoms with E-state index in [1.807, 2.05) is 26.8 Å². The van der Waals surface area contributed by atoms with E-state index in [4.69, 9.17) is 19.5 Å². The Balaban J connectivity index is 4.83. The second kappa shape index (κ2) is 14.7. The van der Waals surface area contributed by atoms with Crippen molar-refractivity contribution in [2.75, 3.05) is 19.8 Å². The van der Waals surface area contributed by atoms with Gasteiger partial charge in [-0.1, -0.05) is 51.5 Å². The minimum absolute atomic E-state index is 0.0758. The molecule has 0 aliphatic carbocycles. The van der Waals surface area contributed by atoms with E-state index in [2.05, 4.69) is 13.0 Å². The van der Waals surface area contributed by atoms with Gasteiger partial charge in [-0.15, -0.1) is 0 Å². The van der Waals surface area contributed by atoms with Gasteiger partial charge in [-0.3, -0.25) is 0 Å². The van der Waals surface area contributed by atoms with Crippen molar-refractivity contribution >= 4 is 0 Å². The Bertz CT molecular complexity index is 319. The van der Waals surface area contributed by atoms with Crippen molar-refractivity contribution in [1.82, 2.24) is 0 Å². The SMILES string of the molecule is CCCCCCCCC(C=CC#N)C(OCC)(OCC)OCC. The molecule has 23 heavy (non-hydrogen) atoms. The average Bonchev–Trinajstić information content (AvgIpc) is 2.54. The molecule has 0 amide bonds. The molecule has 0 radical (unpaired) electrons. The molecule has 4 nitrogen and oxygen atoms in total. The number of hydrogen-bond donors (Lipinski definition) is 0. The van der Waals surface area contributed by atoms with E-state index in [1.54, 1.807) is 0 Å². The molecule has 0 N–H and O–H groups in total. The molecule has 0 aliphatic heterocycles. The summed E-state index contributed by atoms with van der Waals surface area (Å²) in [6.07, 6.45) is 11.7. The maximum absolute atomic E-state index is 8.88. The van der Waals surface area contributed by atoms with Gasteiger partial charge in [-0.2, -0.15) is 5.26 Å². The van der Waals surface area contributed by atoms with Crippen LogP contribution in [0.25, 0.3) is 0 Å². The number of hydrogen-bond acceptors (Lipinski definition) is 4. The molecule has 0 rings (SSSR count). The maximum atomic E-state index is 8.88. The molecule has 0 fully saturated rings. The highest BCUT2D eigenvalue weighted by atomic mass is 16.9. The topological polar surface area (TPSA) is 51.5 Å². The molecule has 0 spiro atoms. The van der Waals surface area contributed by atoms with Crippen LogP contribution in [0.4, 0.5) is 0 Å². The third kappa shape index (κ3) is 9.10. The highest BCUT2D eigenvalue weighted by Crippen LogP contribution is 2.31. The van der Waals surface area contributed by atoms with Crippen molar-refractivity contribution in [3.63, 3.8) is 0 Å². The molecule has 1 unspecified atom stereocenters. The van der Waals surface area contributed by atoms with Crippen molar-refractivity contribution < 1.29 is 14.2 Å². The van der Waals surface area contributed by atoms with E-state index < -0.39 is 5.97 Å². The highest BCUT2D eigenvalue weighted by Gasteiger charge is 2.40. The van der Waals surface area contributed by atoms with Crippen LogP contribution in [-0.4, -0.2) is 25.8 Å². The van der Waals surface area contributed by atoms with Crippen LogP contribution in [-0.2, 0) is 14.2 Å². The average molecular weight is 325 g/mol. The Morgan fingerprint density at radius 3 is 1.87 bits per heavy atom. The summed E-state index contributed by atoms with van der Waals surface area (Å²) in [6.45, 7) is 9.55. The summed E-state index contributed by atoms with van der Waals surface area (Å²) in [5.41, 5.74) is 0. The standard InChI is InChI=1S/C19H35NO3/c1-5-9-10-11-12-13-15-18(16-14-17-20)19(21-6-2,22-7-3)23-8-4/h14,16,18H,5-13,15H2,1-4H3. The second-order valence-electron chi connectivity index (χ2n) is 5.55. The lowest BCUT2D eigenvalue weighted by Crippen LogP contribution is -2.46. The smallest absolute Gasteiger partial charge is 0.289 e. The van der Waals surface area contributed by atoms with Crippen molar-refractivity contribution in [1.29, 1.82) is 5.26 Å². The van der Waals surface area contributed by atoms with Gasteiger partial charge in [0.1, 0.15) is 0 Å². The third-order valence-electron chi connectivity index (χ3n) is 3.76. The summed E-state index contributed by atoms with van der Waals surface area (Å²) in [7, 11) is 0. The van der Waals surface area contributed by atoms with Gasteiger partial charge in [0.05, 0.1) is 12.0 Å². The first-order valence-corrected chi connectivity index (χ1v) is 9.18. The van der Waals surface area contributed by atoms with E-state index >= 15 is 0 Å². The van der Waals surface area contributed by atoms with Crippen LogP contribution in [0.5, 0.6) is 0 Å². The fourth-order valence-corrected chi connectivity index (χ4v) is 2.74. The number of unbranched alkanes of at least 4 members (excludes halogenated alkanes) is 5. The molecule has 0 aromatic heterocycles. The number of nitrogens with zero attached hydrogens (tertiary/aromatic N) is 1. The Morgan fingerprint density at radius 1 is 0.870 bits per heavy atom. The molecule has 0 bridgehead atoms. The van der Waals surface area contributed by atoms with E-state index in [9.17, 15) is 0 Å². The summed E-state index contributed by atoms with van der Waals surface area (Å²) < 4.78 is 17.6. The Morgan fingerprint density at radius 2 is 1.39 bits per heavy atom. The summed E-state index contributed by atoms with van der Waals surface area (Å²) in [5, 5.41) is 8.88. The lowest BCUT2D eigenvalue weighted by molar-refractivity contribution is -0.395. The van der Waals surface area contributed by atoms with Crippen LogP contribution in [0.15, 0.2) is 12.2 Å². The van der Waals surface area contributed by atoms with E-state index in [-0.39, 0.29) is 5.92 Å². The molecule has 0 saturated heterocycles. The van der Waals surface area contributed by atoms with Crippen LogP contribution in [0.2, 0.25) is 0 Å². The van der Waals surface area contributed by atoms with Gasteiger partial charge in [-0.25, -0.2) is 0 Å². The molecule has 134 valence electrons. The Kier molecular flexibility index (Phi) is 14.1. The summed E-state index contributed by atoms with van der Waals surface area (Å²) in [6, 6.07) is 2.07. The lowest BCUT2D eigenvalue weighted by atomic mass is 9.96. The molecule has 1 atom stereocenters. The first kappa shape index (κ1) is 22.1. The molecule has 0 aliphatic rings.